The molecule has 0 radical (unpaired) electrons. The molecule has 90 valence electrons. The van der Waals surface area contributed by atoms with Crippen LogP contribution in [0.2, 0.25) is 0 Å². The van der Waals surface area contributed by atoms with Gasteiger partial charge >= 0.3 is 0 Å². The van der Waals surface area contributed by atoms with Crippen LogP contribution in [0, 0.1) is 13.8 Å². The van der Waals surface area contributed by atoms with E-state index < -0.39 is 12.3 Å². The van der Waals surface area contributed by atoms with Gasteiger partial charge < -0.3 is 0 Å². The number of hydrogen-bond acceptors (Lipinski definition) is 0. The summed E-state index contributed by atoms with van der Waals surface area (Å²) in [7, 11) is 0. The number of alkyl halides is 2. The van der Waals surface area contributed by atoms with Crippen LogP contribution >= 0.6 is 0 Å². The summed E-state index contributed by atoms with van der Waals surface area (Å²) in [6.07, 6.45) is -0.822. The Balaban J connectivity index is 3.20. The van der Waals surface area contributed by atoms with Crippen molar-refractivity contribution in [2.75, 3.05) is 0 Å². The Morgan fingerprint density at radius 2 is 1.69 bits per heavy atom. The Bertz CT molecular complexity index is 356. The van der Waals surface area contributed by atoms with Crippen molar-refractivity contribution < 1.29 is 8.78 Å². The van der Waals surface area contributed by atoms with Gasteiger partial charge in [0.05, 0.1) is 0 Å². The fourth-order valence-corrected chi connectivity index (χ4v) is 2.22. The number of hydrogen-bond donors (Lipinski definition) is 0. The van der Waals surface area contributed by atoms with Crippen LogP contribution in [0.3, 0.4) is 0 Å². The molecule has 0 N–H and O–H groups in total. The molecule has 0 aromatic heterocycles. The summed E-state index contributed by atoms with van der Waals surface area (Å²) in [5.74, 6) is -0.621. The molecule has 0 spiro atoms. The number of benzene rings is 1. The smallest absolute Gasteiger partial charge is 0.210 e. The number of rotatable bonds is 4. The maximum atomic E-state index is 12.9. The second-order valence-corrected chi connectivity index (χ2v) is 4.27. The highest BCUT2D eigenvalue weighted by Crippen LogP contribution is 2.31. The molecule has 0 nitrogen and oxygen atoms in total. The van der Waals surface area contributed by atoms with E-state index in [9.17, 15) is 8.78 Å². The zero-order chi connectivity index (χ0) is 12.3. The summed E-state index contributed by atoms with van der Waals surface area (Å²) in [4.78, 5) is 0. The monoisotopic (exact) mass is 226 g/mol. The van der Waals surface area contributed by atoms with Gasteiger partial charge in [0.2, 0.25) is 6.43 Å². The average molecular weight is 226 g/mol. The Hall–Kier alpha value is -0.920. The summed E-state index contributed by atoms with van der Waals surface area (Å²) in [5, 5.41) is 0. The predicted octanol–water partition coefficient (Wildman–Crippen LogP) is 4.62. The molecule has 0 amide bonds. The van der Waals surface area contributed by atoms with Gasteiger partial charge in [0.1, 0.15) is 0 Å². The van der Waals surface area contributed by atoms with Crippen molar-refractivity contribution in [1.29, 1.82) is 0 Å². The molecular weight excluding hydrogens is 206 g/mol. The van der Waals surface area contributed by atoms with Gasteiger partial charge in [0, 0.05) is 5.92 Å². The van der Waals surface area contributed by atoms with Crippen molar-refractivity contribution in [3.05, 3.63) is 34.4 Å². The number of aryl methyl sites for hydroxylation is 1. The first-order valence-electron chi connectivity index (χ1n) is 5.90. The van der Waals surface area contributed by atoms with Gasteiger partial charge in [-0.25, -0.2) is 8.78 Å². The lowest BCUT2D eigenvalue weighted by molar-refractivity contribution is 0.112. The topological polar surface area (TPSA) is 0 Å². The van der Waals surface area contributed by atoms with Crippen LogP contribution in [0.25, 0.3) is 0 Å². The molecule has 0 saturated heterocycles. The standard InChI is InChI=1S/C14H20F2/c1-5-11-7-8-13(10(4)9(11)3)12(6-2)14(15)16/h7-8,12,14H,5-6H2,1-4H3. The minimum atomic E-state index is -2.27. The van der Waals surface area contributed by atoms with E-state index in [-0.39, 0.29) is 0 Å². The zero-order valence-corrected chi connectivity index (χ0v) is 10.5. The van der Waals surface area contributed by atoms with Gasteiger partial charge in [0.15, 0.2) is 0 Å². The van der Waals surface area contributed by atoms with Crippen LogP contribution in [0.1, 0.15) is 48.4 Å². The third kappa shape index (κ3) is 2.42. The summed E-state index contributed by atoms with van der Waals surface area (Å²) in [6, 6.07) is 3.87. The normalized spacial score (nSPS) is 13.2. The third-order valence-corrected chi connectivity index (χ3v) is 3.47. The third-order valence-electron chi connectivity index (χ3n) is 3.47. The van der Waals surface area contributed by atoms with Crippen LogP contribution in [-0.2, 0) is 6.42 Å². The SMILES string of the molecule is CCc1ccc(C(CC)C(F)F)c(C)c1C. The van der Waals surface area contributed by atoms with Crippen molar-refractivity contribution in [2.24, 2.45) is 0 Å². The lowest BCUT2D eigenvalue weighted by atomic mass is 9.88. The van der Waals surface area contributed by atoms with E-state index in [4.69, 9.17) is 0 Å². The van der Waals surface area contributed by atoms with Crippen molar-refractivity contribution in [2.45, 2.75) is 52.9 Å². The van der Waals surface area contributed by atoms with Gasteiger partial charge in [-0.2, -0.15) is 0 Å². The summed E-state index contributed by atoms with van der Waals surface area (Å²) < 4.78 is 25.8. The molecule has 0 bridgehead atoms. The molecule has 1 aromatic rings. The second kappa shape index (κ2) is 5.42. The minimum absolute atomic E-state index is 0.490. The molecule has 0 saturated carbocycles. The highest BCUT2D eigenvalue weighted by atomic mass is 19.3. The molecule has 0 aliphatic carbocycles. The fourth-order valence-electron chi connectivity index (χ4n) is 2.22. The number of halogens is 2. The van der Waals surface area contributed by atoms with Crippen LogP contribution in [0.5, 0.6) is 0 Å². The maximum absolute atomic E-state index is 12.9. The fraction of sp³-hybridized carbons (Fsp3) is 0.571. The molecule has 16 heavy (non-hydrogen) atoms. The van der Waals surface area contributed by atoms with E-state index in [1.807, 2.05) is 32.9 Å². The lowest BCUT2D eigenvalue weighted by Crippen LogP contribution is -2.11. The highest BCUT2D eigenvalue weighted by Gasteiger charge is 2.22. The van der Waals surface area contributed by atoms with Gasteiger partial charge in [-0.15, -0.1) is 0 Å². The molecule has 1 rings (SSSR count). The predicted molar refractivity (Wildman–Crippen MR) is 64.3 cm³/mol. The van der Waals surface area contributed by atoms with E-state index in [0.717, 1.165) is 17.5 Å². The molecule has 1 atom stereocenters. The largest absolute Gasteiger partial charge is 0.245 e. The van der Waals surface area contributed by atoms with Crippen molar-refractivity contribution in [1.82, 2.24) is 0 Å². The average Bonchev–Trinajstić information content (AvgIpc) is 2.25. The zero-order valence-electron chi connectivity index (χ0n) is 10.5. The molecule has 0 heterocycles. The first kappa shape index (κ1) is 13.1. The van der Waals surface area contributed by atoms with Crippen molar-refractivity contribution >= 4 is 0 Å². The molecular formula is C14H20F2. The van der Waals surface area contributed by atoms with Crippen molar-refractivity contribution in [3.63, 3.8) is 0 Å². The van der Waals surface area contributed by atoms with E-state index in [1.54, 1.807) is 0 Å². The molecule has 0 aliphatic rings. The first-order chi connectivity index (χ1) is 7.52. The molecule has 1 aromatic carbocycles. The van der Waals surface area contributed by atoms with Crippen LogP contribution in [0.15, 0.2) is 12.1 Å². The van der Waals surface area contributed by atoms with E-state index >= 15 is 0 Å². The van der Waals surface area contributed by atoms with Crippen molar-refractivity contribution in [3.8, 4) is 0 Å². The van der Waals surface area contributed by atoms with Gasteiger partial charge in [-0.1, -0.05) is 26.0 Å². The van der Waals surface area contributed by atoms with E-state index in [0.29, 0.717) is 6.42 Å². The Labute approximate surface area is 96.7 Å². The lowest BCUT2D eigenvalue weighted by Gasteiger charge is -2.19. The summed E-state index contributed by atoms with van der Waals surface area (Å²) in [5.41, 5.74) is 4.27. The summed E-state index contributed by atoms with van der Waals surface area (Å²) >= 11 is 0. The first-order valence-corrected chi connectivity index (χ1v) is 5.90. The highest BCUT2D eigenvalue weighted by molar-refractivity contribution is 5.41. The maximum Gasteiger partial charge on any atom is 0.245 e. The van der Waals surface area contributed by atoms with Gasteiger partial charge in [-0.3, -0.25) is 0 Å². The minimum Gasteiger partial charge on any atom is -0.210 e. The van der Waals surface area contributed by atoms with Crippen LogP contribution < -0.4 is 0 Å². The van der Waals surface area contributed by atoms with E-state index in [1.165, 1.54) is 11.1 Å². The molecule has 0 aliphatic heterocycles. The van der Waals surface area contributed by atoms with Gasteiger partial charge in [-0.05, 0) is 48.9 Å². The quantitative estimate of drug-likeness (QED) is 0.702. The van der Waals surface area contributed by atoms with E-state index in [2.05, 4.69) is 6.92 Å². The molecule has 0 fully saturated rings. The molecule has 1 unspecified atom stereocenters. The summed E-state index contributed by atoms with van der Waals surface area (Å²) in [6.45, 7) is 7.88. The Morgan fingerprint density at radius 3 is 2.12 bits per heavy atom. The molecule has 2 heteroatoms. The van der Waals surface area contributed by atoms with Gasteiger partial charge in [0.25, 0.3) is 0 Å². The Kier molecular flexibility index (Phi) is 4.45. The van der Waals surface area contributed by atoms with Crippen LogP contribution in [0.4, 0.5) is 8.78 Å². The Morgan fingerprint density at radius 1 is 1.06 bits per heavy atom. The van der Waals surface area contributed by atoms with Crippen LogP contribution in [-0.4, -0.2) is 6.43 Å². The second-order valence-electron chi connectivity index (χ2n) is 4.27.